The molecule has 2 aliphatic heterocycles. The van der Waals surface area contributed by atoms with Crippen molar-refractivity contribution < 1.29 is 29.3 Å². The monoisotopic (exact) mass is 499 g/mol. The summed E-state index contributed by atoms with van der Waals surface area (Å²) in [6.07, 6.45) is 3.91. The number of aliphatic hydroxyl groups is 2. The molecule has 1 saturated heterocycles. The summed E-state index contributed by atoms with van der Waals surface area (Å²) in [5.41, 5.74) is 1.33. The van der Waals surface area contributed by atoms with Crippen molar-refractivity contribution in [3.8, 4) is 5.75 Å². The second kappa shape index (κ2) is 11.3. The van der Waals surface area contributed by atoms with E-state index in [4.69, 9.17) is 9.47 Å². The van der Waals surface area contributed by atoms with Crippen LogP contribution < -0.4 is 10.1 Å². The number of carbonyl (C=O) groups is 2. The number of hydrogen-bond acceptors (Lipinski definition) is 7. The average Bonchev–Trinajstić information content (AvgIpc) is 3.58. The zero-order chi connectivity index (χ0) is 25.1. The number of carbonyl (C=O) groups excluding carboxylic acids is 2. The van der Waals surface area contributed by atoms with Crippen LogP contribution in [0, 0.1) is 5.92 Å². The number of benzene rings is 1. The van der Waals surface area contributed by atoms with Gasteiger partial charge >= 0.3 is 0 Å². The first-order valence-corrected chi connectivity index (χ1v) is 13.2. The van der Waals surface area contributed by atoms with E-state index in [0.29, 0.717) is 37.6 Å². The summed E-state index contributed by atoms with van der Waals surface area (Å²) in [5.74, 6) is -0.104. The largest absolute Gasteiger partial charge is 0.486 e. The number of fused-ring (bicyclic) bond motifs is 3. The van der Waals surface area contributed by atoms with Gasteiger partial charge in [0.15, 0.2) is 0 Å². The molecule has 1 aromatic rings. The minimum absolute atomic E-state index is 0.0464. The maximum atomic E-state index is 13.8. The predicted octanol–water partition coefficient (Wildman–Crippen LogP) is 0.660. The lowest BCUT2D eigenvalue weighted by atomic mass is 9.77. The SMILES string of the molecule is O=C(NCCO)C1=C[C@@H](N(CCN2CCOCC2)C(=O)C2CCCC2)[C@H](O)[C@H]2Oc3ccccc3[C@@H]12. The van der Waals surface area contributed by atoms with Gasteiger partial charge in [-0.1, -0.05) is 31.0 Å². The highest BCUT2D eigenvalue weighted by Gasteiger charge is 2.50. The summed E-state index contributed by atoms with van der Waals surface area (Å²) in [5, 5.41) is 23.6. The standard InChI is InChI=1S/C27H37N3O6/c31-14-9-28-26(33)20-17-21(24(32)25-23(20)19-7-3-4-8-22(19)36-25)30(27(34)18-5-1-2-6-18)11-10-29-12-15-35-16-13-29/h3-4,7-8,17-18,21,23-25,31-32H,1-2,5-6,9-16H2,(H,28,33)/t21-,23+,24+,25+/m1/s1. The number of amides is 2. The number of aliphatic hydroxyl groups excluding tert-OH is 2. The van der Waals surface area contributed by atoms with Gasteiger partial charge in [0, 0.05) is 49.8 Å². The topological polar surface area (TPSA) is 112 Å². The molecular weight excluding hydrogens is 462 g/mol. The fourth-order valence-corrected chi connectivity index (χ4v) is 6.08. The molecule has 4 atom stereocenters. The van der Waals surface area contributed by atoms with Crippen LogP contribution in [0.2, 0.25) is 0 Å². The third-order valence-electron chi connectivity index (χ3n) is 7.99. The molecule has 2 aliphatic carbocycles. The number of nitrogens with zero attached hydrogens (tertiary/aromatic N) is 2. The molecule has 2 amide bonds. The number of ether oxygens (including phenoxy) is 2. The van der Waals surface area contributed by atoms with E-state index in [9.17, 15) is 19.8 Å². The van der Waals surface area contributed by atoms with Gasteiger partial charge in [0.05, 0.1) is 31.8 Å². The Balaban J connectivity index is 1.47. The minimum atomic E-state index is -0.980. The number of rotatable bonds is 8. The molecule has 36 heavy (non-hydrogen) atoms. The summed E-state index contributed by atoms with van der Waals surface area (Å²) in [7, 11) is 0. The highest BCUT2D eigenvalue weighted by atomic mass is 16.5. The second-order valence-corrected chi connectivity index (χ2v) is 10.1. The van der Waals surface area contributed by atoms with Crippen LogP contribution in [-0.4, -0.2) is 103 Å². The first-order chi connectivity index (χ1) is 17.6. The first-order valence-electron chi connectivity index (χ1n) is 13.2. The van der Waals surface area contributed by atoms with Crippen LogP contribution in [0.4, 0.5) is 0 Å². The van der Waals surface area contributed by atoms with Crippen molar-refractivity contribution in [2.24, 2.45) is 5.92 Å². The molecule has 0 bridgehead atoms. The third kappa shape index (κ3) is 5.02. The van der Waals surface area contributed by atoms with Crippen LogP contribution in [0.3, 0.4) is 0 Å². The lowest BCUT2D eigenvalue weighted by molar-refractivity contribution is -0.141. The zero-order valence-corrected chi connectivity index (χ0v) is 20.7. The molecule has 5 rings (SSSR count). The van der Waals surface area contributed by atoms with Crippen molar-refractivity contribution in [1.82, 2.24) is 15.1 Å². The molecule has 0 spiro atoms. The van der Waals surface area contributed by atoms with Gasteiger partial charge in [-0.3, -0.25) is 14.5 Å². The van der Waals surface area contributed by atoms with E-state index in [1.54, 1.807) is 11.0 Å². The van der Waals surface area contributed by atoms with Gasteiger partial charge in [-0.05, 0) is 25.0 Å². The molecule has 9 nitrogen and oxygen atoms in total. The van der Waals surface area contributed by atoms with Gasteiger partial charge < -0.3 is 29.9 Å². The van der Waals surface area contributed by atoms with Crippen molar-refractivity contribution in [3.05, 3.63) is 41.5 Å². The molecule has 0 radical (unpaired) electrons. The van der Waals surface area contributed by atoms with E-state index in [-0.39, 0.29) is 30.9 Å². The summed E-state index contributed by atoms with van der Waals surface area (Å²) in [6, 6.07) is 6.85. The summed E-state index contributed by atoms with van der Waals surface area (Å²) >= 11 is 0. The molecule has 3 N–H and O–H groups in total. The van der Waals surface area contributed by atoms with Crippen LogP contribution in [0.25, 0.3) is 0 Å². The lowest BCUT2D eigenvalue weighted by Gasteiger charge is -2.42. The van der Waals surface area contributed by atoms with E-state index >= 15 is 0 Å². The Kier molecular flexibility index (Phi) is 7.90. The Morgan fingerprint density at radius 3 is 2.64 bits per heavy atom. The smallest absolute Gasteiger partial charge is 0.247 e. The van der Waals surface area contributed by atoms with Crippen LogP contribution in [0.1, 0.15) is 37.2 Å². The third-order valence-corrected chi connectivity index (χ3v) is 7.99. The van der Waals surface area contributed by atoms with E-state index in [0.717, 1.165) is 44.3 Å². The second-order valence-electron chi connectivity index (χ2n) is 10.1. The Morgan fingerprint density at radius 1 is 1.14 bits per heavy atom. The van der Waals surface area contributed by atoms with Gasteiger partial charge in [0.1, 0.15) is 18.0 Å². The maximum absolute atomic E-state index is 13.8. The molecule has 2 heterocycles. The zero-order valence-electron chi connectivity index (χ0n) is 20.7. The fraction of sp³-hybridized carbons (Fsp3) is 0.630. The van der Waals surface area contributed by atoms with Crippen molar-refractivity contribution in [1.29, 1.82) is 0 Å². The van der Waals surface area contributed by atoms with Gasteiger partial charge in [-0.25, -0.2) is 0 Å². The van der Waals surface area contributed by atoms with Crippen LogP contribution in [0.5, 0.6) is 5.75 Å². The molecule has 196 valence electrons. The fourth-order valence-electron chi connectivity index (χ4n) is 6.08. The Labute approximate surface area is 212 Å². The molecule has 4 aliphatic rings. The molecule has 0 unspecified atom stereocenters. The van der Waals surface area contributed by atoms with Gasteiger partial charge in [-0.2, -0.15) is 0 Å². The van der Waals surface area contributed by atoms with Gasteiger partial charge in [0.2, 0.25) is 11.8 Å². The predicted molar refractivity (Wildman–Crippen MR) is 133 cm³/mol. The molecule has 9 heteroatoms. The normalized spacial score (nSPS) is 28.1. The van der Waals surface area contributed by atoms with E-state index in [1.165, 1.54) is 0 Å². The number of morpholine rings is 1. The van der Waals surface area contributed by atoms with E-state index < -0.39 is 24.2 Å². The Morgan fingerprint density at radius 2 is 1.89 bits per heavy atom. The summed E-state index contributed by atoms with van der Waals surface area (Å²) in [4.78, 5) is 31.1. The molecular formula is C27H37N3O6. The molecule has 1 aromatic carbocycles. The van der Waals surface area contributed by atoms with Gasteiger partial charge in [-0.15, -0.1) is 0 Å². The average molecular weight is 500 g/mol. The highest BCUT2D eigenvalue weighted by molar-refractivity contribution is 5.96. The quantitative estimate of drug-likeness (QED) is 0.482. The first kappa shape index (κ1) is 25.2. The lowest BCUT2D eigenvalue weighted by Crippen LogP contribution is -2.58. The summed E-state index contributed by atoms with van der Waals surface area (Å²) < 4.78 is 11.7. The number of para-hydroxylation sites is 1. The van der Waals surface area contributed by atoms with Crippen molar-refractivity contribution in [2.75, 3.05) is 52.5 Å². The van der Waals surface area contributed by atoms with E-state index in [2.05, 4.69) is 10.2 Å². The maximum Gasteiger partial charge on any atom is 0.247 e. The Hall–Kier alpha value is -2.46. The Bertz CT molecular complexity index is 972. The van der Waals surface area contributed by atoms with Crippen molar-refractivity contribution in [2.45, 2.75) is 49.9 Å². The van der Waals surface area contributed by atoms with Gasteiger partial charge in [0.25, 0.3) is 0 Å². The number of hydrogen-bond donors (Lipinski definition) is 3. The van der Waals surface area contributed by atoms with Crippen LogP contribution in [-0.2, 0) is 14.3 Å². The molecule has 0 aromatic heterocycles. The van der Waals surface area contributed by atoms with Crippen LogP contribution >= 0.6 is 0 Å². The summed E-state index contributed by atoms with van der Waals surface area (Å²) in [6.45, 7) is 4.08. The van der Waals surface area contributed by atoms with Crippen molar-refractivity contribution >= 4 is 11.8 Å². The highest BCUT2D eigenvalue weighted by Crippen LogP contribution is 2.47. The number of nitrogens with one attached hydrogen (secondary N) is 1. The minimum Gasteiger partial charge on any atom is -0.486 e. The van der Waals surface area contributed by atoms with E-state index in [1.807, 2.05) is 24.3 Å². The molecule has 1 saturated carbocycles. The molecule has 2 fully saturated rings. The van der Waals surface area contributed by atoms with Crippen molar-refractivity contribution in [3.63, 3.8) is 0 Å². The van der Waals surface area contributed by atoms with Crippen LogP contribution in [0.15, 0.2) is 35.9 Å².